The molecule has 0 aromatic rings. The molecular formula is C13H23N3O2. The standard InChI is InChI=1S/C13H23N3O2/c1-9-2-3-11(8-16-9)13(18)15-7-6-14-12(17)10-4-5-10/h9-11,16H,2-8H2,1H3,(H,14,17)(H,15,18). The smallest absolute Gasteiger partial charge is 0.224 e. The highest BCUT2D eigenvalue weighted by atomic mass is 16.2. The molecule has 2 atom stereocenters. The highest BCUT2D eigenvalue weighted by molar-refractivity contribution is 5.81. The van der Waals surface area contributed by atoms with Gasteiger partial charge in [0.05, 0.1) is 5.92 Å². The summed E-state index contributed by atoms with van der Waals surface area (Å²) in [5.74, 6) is 0.567. The van der Waals surface area contributed by atoms with E-state index in [4.69, 9.17) is 0 Å². The van der Waals surface area contributed by atoms with Crippen molar-refractivity contribution in [1.82, 2.24) is 16.0 Å². The minimum Gasteiger partial charge on any atom is -0.354 e. The van der Waals surface area contributed by atoms with Crippen LogP contribution >= 0.6 is 0 Å². The van der Waals surface area contributed by atoms with E-state index in [1.54, 1.807) is 0 Å². The molecule has 18 heavy (non-hydrogen) atoms. The maximum absolute atomic E-state index is 11.8. The van der Waals surface area contributed by atoms with Gasteiger partial charge in [0.2, 0.25) is 11.8 Å². The number of carbonyl (C=O) groups is 2. The van der Waals surface area contributed by atoms with Crippen LogP contribution in [0.25, 0.3) is 0 Å². The van der Waals surface area contributed by atoms with Crippen molar-refractivity contribution in [2.24, 2.45) is 11.8 Å². The molecular weight excluding hydrogens is 230 g/mol. The summed E-state index contributed by atoms with van der Waals surface area (Å²) in [4.78, 5) is 23.2. The minimum absolute atomic E-state index is 0.0836. The zero-order valence-corrected chi connectivity index (χ0v) is 11.0. The molecule has 1 saturated heterocycles. The normalized spacial score (nSPS) is 27.6. The number of amides is 2. The molecule has 0 radical (unpaired) electrons. The summed E-state index contributed by atoms with van der Waals surface area (Å²) in [6, 6.07) is 0.520. The van der Waals surface area contributed by atoms with Crippen LogP contribution < -0.4 is 16.0 Å². The first-order chi connectivity index (χ1) is 8.66. The van der Waals surface area contributed by atoms with Crippen LogP contribution in [0.3, 0.4) is 0 Å². The van der Waals surface area contributed by atoms with Crippen molar-refractivity contribution in [3.63, 3.8) is 0 Å². The van der Waals surface area contributed by atoms with Crippen molar-refractivity contribution in [3.8, 4) is 0 Å². The Hall–Kier alpha value is -1.10. The lowest BCUT2D eigenvalue weighted by Crippen LogP contribution is -2.45. The van der Waals surface area contributed by atoms with Gasteiger partial charge >= 0.3 is 0 Å². The Kier molecular flexibility index (Phi) is 4.58. The Balaban J connectivity index is 1.55. The van der Waals surface area contributed by atoms with E-state index >= 15 is 0 Å². The van der Waals surface area contributed by atoms with Crippen molar-refractivity contribution in [3.05, 3.63) is 0 Å². The summed E-state index contributed by atoms with van der Waals surface area (Å²) in [5.41, 5.74) is 0. The quantitative estimate of drug-likeness (QED) is 0.605. The summed E-state index contributed by atoms with van der Waals surface area (Å²) in [7, 11) is 0. The SMILES string of the molecule is CC1CCC(C(=O)NCCNC(=O)C2CC2)CN1. The molecule has 1 aliphatic carbocycles. The fourth-order valence-corrected chi connectivity index (χ4v) is 2.23. The average molecular weight is 253 g/mol. The zero-order chi connectivity index (χ0) is 13.0. The molecule has 0 aromatic heterocycles. The van der Waals surface area contributed by atoms with Crippen molar-refractivity contribution in [1.29, 1.82) is 0 Å². The number of carbonyl (C=O) groups excluding carboxylic acids is 2. The molecule has 3 N–H and O–H groups in total. The van der Waals surface area contributed by atoms with Crippen molar-refractivity contribution in [2.45, 2.75) is 38.6 Å². The second-order valence-corrected chi connectivity index (χ2v) is 5.44. The van der Waals surface area contributed by atoms with Crippen molar-refractivity contribution in [2.75, 3.05) is 19.6 Å². The van der Waals surface area contributed by atoms with E-state index in [9.17, 15) is 9.59 Å². The molecule has 2 unspecified atom stereocenters. The van der Waals surface area contributed by atoms with Gasteiger partial charge in [-0.15, -0.1) is 0 Å². The molecule has 2 amide bonds. The summed E-state index contributed by atoms with van der Waals surface area (Å²) in [5, 5.41) is 9.04. The summed E-state index contributed by atoms with van der Waals surface area (Å²) < 4.78 is 0. The molecule has 0 spiro atoms. The van der Waals surface area contributed by atoms with E-state index in [1.807, 2.05) is 0 Å². The van der Waals surface area contributed by atoms with Crippen LogP contribution in [0.15, 0.2) is 0 Å². The van der Waals surface area contributed by atoms with Crippen LogP contribution in [-0.2, 0) is 9.59 Å². The van der Waals surface area contributed by atoms with Crippen LogP contribution in [0.4, 0.5) is 0 Å². The molecule has 0 aromatic carbocycles. The van der Waals surface area contributed by atoms with Crippen LogP contribution in [0.2, 0.25) is 0 Å². The molecule has 0 bridgehead atoms. The van der Waals surface area contributed by atoms with Crippen LogP contribution in [0.5, 0.6) is 0 Å². The number of nitrogens with one attached hydrogen (secondary N) is 3. The summed E-state index contributed by atoms with van der Waals surface area (Å²) in [6.45, 7) is 3.98. The third kappa shape index (κ3) is 3.98. The van der Waals surface area contributed by atoms with E-state index in [-0.39, 0.29) is 23.7 Å². The number of piperidine rings is 1. The fourth-order valence-electron chi connectivity index (χ4n) is 2.23. The third-order valence-corrected chi connectivity index (χ3v) is 3.70. The van der Waals surface area contributed by atoms with E-state index < -0.39 is 0 Å². The Morgan fingerprint density at radius 3 is 2.06 bits per heavy atom. The van der Waals surface area contributed by atoms with Crippen molar-refractivity contribution >= 4 is 11.8 Å². The molecule has 1 aliphatic heterocycles. The highest BCUT2D eigenvalue weighted by Crippen LogP contribution is 2.28. The Bertz CT molecular complexity index is 307. The van der Waals surface area contributed by atoms with E-state index in [0.29, 0.717) is 19.1 Å². The first-order valence-corrected chi connectivity index (χ1v) is 6.95. The minimum atomic E-state index is 0.0836. The van der Waals surface area contributed by atoms with Gasteiger partial charge in [0, 0.05) is 31.6 Å². The molecule has 2 rings (SSSR count). The first-order valence-electron chi connectivity index (χ1n) is 6.95. The number of rotatable bonds is 5. The Morgan fingerprint density at radius 1 is 1.00 bits per heavy atom. The molecule has 1 heterocycles. The molecule has 1 saturated carbocycles. The second-order valence-electron chi connectivity index (χ2n) is 5.44. The lowest BCUT2D eigenvalue weighted by atomic mass is 9.95. The number of hydrogen-bond acceptors (Lipinski definition) is 3. The van der Waals surface area contributed by atoms with Gasteiger partial charge in [-0.05, 0) is 32.6 Å². The topological polar surface area (TPSA) is 70.2 Å². The van der Waals surface area contributed by atoms with E-state index in [0.717, 1.165) is 32.2 Å². The molecule has 5 nitrogen and oxygen atoms in total. The van der Waals surface area contributed by atoms with E-state index in [2.05, 4.69) is 22.9 Å². The maximum atomic E-state index is 11.8. The maximum Gasteiger partial charge on any atom is 0.224 e. The molecule has 102 valence electrons. The third-order valence-electron chi connectivity index (χ3n) is 3.70. The van der Waals surface area contributed by atoms with Gasteiger partial charge in [0.15, 0.2) is 0 Å². The van der Waals surface area contributed by atoms with Crippen LogP contribution in [0.1, 0.15) is 32.6 Å². The van der Waals surface area contributed by atoms with Crippen molar-refractivity contribution < 1.29 is 9.59 Å². The van der Waals surface area contributed by atoms with Gasteiger partial charge in [-0.1, -0.05) is 0 Å². The van der Waals surface area contributed by atoms with Gasteiger partial charge in [0.25, 0.3) is 0 Å². The second kappa shape index (κ2) is 6.18. The molecule has 2 fully saturated rings. The molecule has 2 aliphatic rings. The highest BCUT2D eigenvalue weighted by Gasteiger charge is 2.29. The monoisotopic (exact) mass is 253 g/mol. The lowest BCUT2D eigenvalue weighted by Gasteiger charge is -2.26. The molecule has 5 heteroatoms. The predicted octanol–water partition coefficient (Wildman–Crippen LogP) is 0.0169. The Labute approximate surface area is 108 Å². The first kappa shape index (κ1) is 13.3. The van der Waals surface area contributed by atoms with Gasteiger partial charge in [0.1, 0.15) is 0 Å². The summed E-state index contributed by atoms with van der Waals surface area (Å²) >= 11 is 0. The zero-order valence-electron chi connectivity index (χ0n) is 11.0. The van der Waals surface area contributed by atoms with Gasteiger partial charge in [-0.25, -0.2) is 0 Å². The fraction of sp³-hybridized carbons (Fsp3) is 0.846. The predicted molar refractivity (Wildman–Crippen MR) is 68.9 cm³/mol. The lowest BCUT2D eigenvalue weighted by molar-refractivity contribution is -0.126. The Morgan fingerprint density at radius 2 is 1.56 bits per heavy atom. The number of hydrogen-bond donors (Lipinski definition) is 3. The van der Waals surface area contributed by atoms with Crippen LogP contribution in [-0.4, -0.2) is 37.5 Å². The van der Waals surface area contributed by atoms with Crippen LogP contribution in [0, 0.1) is 11.8 Å². The largest absolute Gasteiger partial charge is 0.354 e. The summed E-state index contributed by atoms with van der Waals surface area (Å²) in [6.07, 6.45) is 4.04. The average Bonchev–Trinajstić information content (AvgIpc) is 3.19. The van der Waals surface area contributed by atoms with Gasteiger partial charge in [-0.3, -0.25) is 9.59 Å². The van der Waals surface area contributed by atoms with E-state index in [1.165, 1.54) is 0 Å². The van der Waals surface area contributed by atoms with Gasteiger partial charge < -0.3 is 16.0 Å². The van der Waals surface area contributed by atoms with Gasteiger partial charge in [-0.2, -0.15) is 0 Å².